The van der Waals surface area contributed by atoms with Crippen LogP contribution in [-0.4, -0.2) is 62.4 Å². The minimum Gasteiger partial charge on any atom is -0.475 e. The number of fused-ring (bicyclic) bond motifs is 1. The van der Waals surface area contributed by atoms with Crippen LogP contribution in [0.15, 0.2) is 17.7 Å². The average Bonchev–Trinajstić information content (AvgIpc) is 2.63. The molecule has 0 amide bonds. The molecule has 1 aromatic rings. The lowest BCUT2D eigenvalue weighted by molar-refractivity contribution is -0.454. The summed E-state index contributed by atoms with van der Waals surface area (Å²) in [7, 11) is 0. The van der Waals surface area contributed by atoms with E-state index in [2.05, 4.69) is 19.0 Å². The SMILES string of the molecule is CC(ON)OC(=O)C1=Cc2cc(OC(F)(F)F)cc(C(O)(O)C(O)(O)O)c2OC1C(F)(F)F. The number of ether oxygens (including phenoxy) is 3. The first-order valence-corrected chi connectivity index (χ1v) is 8.35. The van der Waals surface area contributed by atoms with Gasteiger partial charge in [-0.1, -0.05) is 0 Å². The predicted octanol–water partition coefficient (Wildman–Crippen LogP) is -0.161. The average molecular weight is 495 g/mol. The topological polar surface area (TPSA) is 181 Å². The number of carbonyl (C=O) groups is 1. The van der Waals surface area contributed by atoms with E-state index in [4.69, 9.17) is 5.90 Å². The van der Waals surface area contributed by atoms with Gasteiger partial charge < -0.3 is 39.7 Å². The molecular weight excluding hydrogens is 480 g/mol. The molecule has 0 radical (unpaired) electrons. The van der Waals surface area contributed by atoms with Gasteiger partial charge in [-0.3, -0.25) is 4.84 Å². The van der Waals surface area contributed by atoms with Gasteiger partial charge in [-0.15, -0.1) is 13.2 Å². The summed E-state index contributed by atoms with van der Waals surface area (Å²) < 4.78 is 91.2. The third-order valence-corrected chi connectivity index (χ3v) is 3.99. The van der Waals surface area contributed by atoms with E-state index in [0.717, 1.165) is 6.92 Å². The Morgan fingerprint density at radius 1 is 1.09 bits per heavy atom. The summed E-state index contributed by atoms with van der Waals surface area (Å²) in [6.45, 7) is 1.02. The Morgan fingerprint density at radius 2 is 1.67 bits per heavy atom. The fourth-order valence-corrected chi connectivity index (χ4v) is 2.57. The van der Waals surface area contributed by atoms with Gasteiger partial charge in [0.25, 0.3) is 5.79 Å². The van der Waals surface area contributed by atoms with E-state index in [1.807, 2.05) is 0 Å². The summed E-state index contributed by atoms with van der Waals surface area (Å²) >= 11 is 0. The predicted molar refractivity (Wildman–Crippen MR) is 87.9 cm³/mol. The van der Waals surface area contributed by atoms with Crippen molar-refractivity contribution >= 4 is 12.0 Å². The number of nitrogens with two attached hydrogens (primary N) is 1. The Labute approximate surface area is 178 Å². The number of benzene rings is 1. The number of hydrogen-bond donors (Lipinski definition) is 6. The van der Waals surface area contributed by atoms with Gasteiger partial charge in [0, 0.05) is 5.56 Å². The van der Waals surface area contributed by atoms with E-state index < -0.39 is 70.9 Å². The minimum absolute atomic E-state index is 0.0126. The van der Waals surface area contributed by atoms with Crippen molar-refractivity contribution in [3.05, 3.63) is 28.8 Å². The maximum absolute atomic E-state index is 13.6. The van der Waals surface area contributed by atoms with E-state index in [9.17, 15) is 56.7 Å². The van der Waals surface area contributed by atoms with Crippen molar-refractivity contribution in [2.75, 3.05) is 0 Å². The molecule has 17 heteroatoms. The molecule has 1 aromatic carbocycles. The number of rotatable bonds is 6. The molecule has 2 atom stereocenters. The molecule has 1 aliphatic rings. The van der Waals surface area contributed by atoms with E-state index in [1.165, 1.54) is 0 Å². The Balaban J connectivity index is 2.79. The molecule has 0 aliphatic carbocycles. The maximum atomic E-state index is 13.6. The monoisotopic (exact) mass is 495 g/mol. The molecule has 0 saturated carbocycles. The van der Waals surface area contributed by atoms with Gasteiger partial charge in [0.05, 0.1) is 11.1 Å². The van der Waals surface area contributed by atoms with E-state index in [-0.39, 0.29) is 6.07 Å². The summed E-state index contributed by atoms with van der Waals surface area (Å²) in [6, 6.07) is 0.387. The van der Waals surface area contributed by atoms with Crippen LogP contribution in [0, 0.1) is 0 Å². The fraction of sp³-hybridized carbons (Fsp3) is 0.438. The fourth-order valence-electron chi connectivity index (χ4n) is 2.57. The lowest BCUT2D eigenvalue weighted by Crippen LogP contribution is -2.52. The molecule has 1 aliphatic heterocycles. The highest BCUT2D eigenvalue weighted by Crippen LogP contribution is 2.46. The van der Waals surface area contributed by atoms with Gasteiger partial charge >= 0.3 is 24.5 Å². The zero-order valence-corrected chi connectivity index (χ0v) is 16.0. The van der Waals surface area contributed by atoms with Gasteiger partial charge in [0.2, 0.25) is 12.4 Å². The number of halogens is 6. The van der Waals surface area contributed by atoms with Gasteiger partial charge in [0.1, 0.15) is 11.5 Å². The van der Waals surface area contributed by atoms with Crippen LogP contribution in [0.2, 0.25) is 0 Å². The van der Waals surface area contributed by atoms with Crippen molar-refractivity contribution in [2.24, 2.45) is 5.90 Å². The van der Waals surface area contributed by atoms with Gasteiger partial charge in [-0.05, 0) is 25.1 Å². The molecule has 0 bridgehead atoms. The zero-order chi connectivity index (χ0) is 25.6. The molecule has 7 N–H and O–H groups in total. The normalized spacial score (nSPS) is 18.1. The molecule has 11 nitrogen and oxygen atoms in total. The summed E-state index contributed by atoms with van der Waals surface area (Å²) in [6.07, 6.45) is -15.3. The first-order valence-electron chi connectivity index (χ1n) is 8.35. The quantitative estimate of drug-likeness (QED) is 0.134. The Bertz CT molecular complexity index is 937. The van der Waals surface area contributed by atoms with Crippen LogP contribution in [-0.2, 0) is 20.2 Å². The van der Waals surface area contributed by atoms with Crippen molar-refractivity contribution in [3.8, 4) is 11.5 Å². The molecule has 1 heterocycles. The maximum Gasteiger partial charge on any atom is 0.573 e. The van der Waals surface area contributed by atoms with Gasteiger partial charge in [-0.25, -0.2) is 10.7 Å². The van der Waals surface area contributed by atoms with Crippen molar-refractivity contribution in [1.82, 2.24) is 0 Å². The van der Waals surface area contributed by atoms with Crippen LogP contribution >= 0.6 is 0 Å². The molecule has 0 saturated heterocycles. The van der Waals surface area contributed by atoms with Crippen LogP contribution in [0.5, 0.6) is 11.5 Å². The third-order valence-electron chi connectivity index (χ3n) is 3.99. The number of carbonyl (C=O) groups excluding carboxylic acids is 1. The van der Waals surface area contributed by atoms with E-state index in [0.29, 0.717) is 12.1 Å². The first-order chi connectivity index (χ1) is 14.8. The second kappa shape index (κ2) is 8.60. The lowest BCUT2D eigenvalue weighted by Gasteiger charge is -2.35. The van der Waals surface area contributed by atoms with Gasteiger partial charge in [-0.2, -0.15) is 13.2 Å². The number of esters is 1. The van der Waals surface area contributed by atoms with Crippen molar-refractivity contribution in [1.29, 1.82) is 0 Å². The first kappa shape index (κ1) is 26.6. The summed E-state index contributed by atoms with van der Waals surface area (Å²) in [5.41, 5.74) is -3.79. The molecule has 0 fully saturated rings. The Hall–Kier alpha value is -2.67. The second-order valence-corrected chi connectivity index (χ2v) is 6.49. The van der Waals surface area contributed by atoms with Crippen molar-refractivity contribution in [2.45, 2.75) is 43.6 Å². The molecule has 0 aromatic heterocycles. The van der Waals surface area contributed by atoms with E-state index >= 15 is 0 Å². The number of hydrogen-bond acceptors (Lipinski definition) is 11. The van der Waals surface area contributed by atoms with Crippen LogP contribution in [0.25, 0.3) is 6.08 Å². The summed E-state index contributed by atoms with van der Waals surface area (Å²) in [5, 5.41) is 47.3. The Morgan fingerprint density at radius 3 is 2.12 bits per heavy atom. The minimum atomic E-state index is -5.41. The molecule has 186 valence electrons. The second-order valence-electron chi connectivity index (χ2n) is 6.49. The van der Waals surface area contributed by atoms with Crippen molar-refractivity contribution in [3.63, 3.8) is 0 Å². The number of aliphatic hydroxyl groups is 5. The lowest BCUT2D eigenvalue weighted by atomic mass is 9.94. The highest BCUT2D eigenvalue weighted by Gasteiger charge is 2.54. The van der Waals surface area contributed by atoms with Crippen LogP contribution < -0.4 is 15.4 Å². The number of alkyl halides is 6. The largest absolute Gasteiger partial charge is 0.573 e. The molecule has 2 rings (SSSR count). The third kappa shape index (κ3) is 5.82. The molecular formula is C16H15F6NO10. The highest BCUT2D eigenvalue weighted by molar-refractivity contribution is 5.96. The zero-order valence-electron chi connectivity index (χ0n) is 16.0. The highest BCUT2D eigenvalue weighted by atomic mass is 19.4. The molecule has 33 heavy (non-hydrogen) atoms. The molecule has 2 unspecified atom stereocenters. The van der Waals surface area contributed by atoms with Gasteiger partial charge in [0.15, 0.2) is 0 Å². The Kier molecular flexibility index (Phi) is 6.92. The standard InChI is InChI=1S/C16H15F6NO10/c1-5(33-23)30-12(24)8-3-6-2-7(32-16(20,21)22)4-9(13(25,26)15(27,28)29)10(6)31-11(8)14(17,18)19/h2-5,11,25-29H,23H2,1H3. The van der Waals surface area contributed by atoms with Crippen molar-refractivity contribution < 1.29 is 75.7 Å². The summed E-state index contributed by atoms with van der Waals surface area (Å²) in [4.78, 5) is 16.2. The van der Waals surface area contributed by atoms with Crippen LogP contribution in [0.4, 0.5) is 26.3 Å². The van der Waals surface area contributed by atoms with E-state index in [1.54, 1.807) is 0 Å². The van der Waals surface area contributed by atoms with Crippen LogP contribution in [0.1, 0.15) is 18.1 Å². The smallest absolute Gasteiger partial charge is 0.475 e. The van der Waals surface area contributed by atoms with Crippen LogP contribution in [0.3, 0.4) is 0 Å². The summed E-state index contributed by atoms with van der Waals surface area (Å²) in [5.74, 6) is -8.44. The molecule has 0 spiro atoms.